The van der Waals surface area contributed by atoms with Gasteiger partial charge in [-0.3, -0.25) is 19.6 Å². The molecule has 0 radical (unpaired) electrons. The van der Waals surface area contributed by atoms with Gasteiger partial charge in [0.2, 0.25) is 0 Å². The van der Waals surface area contributed by atoms with Crippen LogP contribution in [0.4, 0.5) is 17.1 Å². The van der Waals surface area contributed by atoms with E-state index in [0.29, 0.717) is 17.0 Å². The van der Waals surface area contributed by atoms with Crippen LogP contribution < -0.4 is 14.8 Å². The molecule has 0 aromatic heterocycles. The van der Waals surface area contributed by atoms with Crippen LogP contribution in [0.2, 0.25) is 0 Å². The summed E-state index contributed by atoms with van der Waals surface area (Å²) in [5, 5.41) is 13.6. The number of nitro groups is 1. The summed E-state index contributed by atoms with van der Waals surface area (Å²) in [4.78, 5) is 23.0. The molecule has 2 N–H and O–H groups in total. The fraction of sp³-hybridized carbons (Fsp3) is 0.0952. The Kier molecular flexibility index (Phi) is 6.21. The second-order valence-corrected chi connectivity index (χ2v) is 8.25. The van der Waals surface area contributed by atoms with Crippen LogP contribution in [0.15, 0.2) is 71.6 Å². The summed E-state index contributed by atoms with van der Waals surface area (Å²) < 4.78 is 32.9. The summed E-state index contributed by atoms with van der Waals surface area (Å²) in [5.41, 5.74) is 1.15. The van der Waals surface area contributed by atoms with Crippen molar-refractivity contribution in [3.05, 3.63) is 88.0 Å². The van der Waals surface area contributed by atoms with Crippen LogP contribution >= 0.6 is 0 Å². The van der Waals surface area contributed by atoms with E-state index < -0.39 is 20.9 Å². The molecular formula is C21H19N3O6S. The predicted molar refractivity (Wildman–Crippen MR) is 116 cm³/mol. The third kappa shape index (κ3) is 5.17. The molecule has 0 fully saturated rings. The number of aryl methyl sites for hydroxylation is 1. The maximum atomic E-state index is 12.7. The molecule has 0 spiro atoms. The molecule has 0 heterocycles. The lowest BCUT2D eigenvalue weighted by Crippen LogP contribution is -2.16. The smallest absolute Gasteiger partial charge is 0.271 e. The summed E-state index contributed by atoms with van der Waals surface area (Å²) in [6.45, 7) is 1.69. The van der Waals surface area contributed by atoms with Crippen LogP contribution in [0.1, 0.15) is 15.9 Å². The fourth-order valence-corrected chi connectivity index (χ4v) is 3.83. The summed E-state index contributed by atoms with van der Waals surface area (Å²) in [5.74, 6) is -0.0110. The molecule has 3 rings (SSSR count). The van der Waals surface area contributed by atoms with Crippen molar-refractivity contribution in [1.82, 2.24) is 0 Å². The average Bonchev–Trinajstić information content (AvgIpc) is 2.75. The number of sulfonamides is 1. The minimum Gasteiger partial charge on any atom is -0.497 e. The normalized spacial score (nSPS) is 10.9. The van der Waals surface area contributed by atoms with E-state index in [9.17, 15) is 23.3 Å². The zero-order valence-electron chi connectivity index (χ0n) is 16.7. The maximum absolute atomic E-state index is 12.7. The number of carbonyl (C=O) groups is 1. The maximum Gasteiger partial charge on any atom is 0.271 e. The molecule has 0 bridgehead atoms. The molecule has 0 saturated carbocycles. The molecule has 10 heteroatoms. The van der Waals surface area contributed by atoms with E-state index in [2.05, 4.69) is 10.0 Å². The number of non-ortho nitro benzene ring substituents is 1. The number of hydrogen-bond acceptors (Lipinski definition) is 6. The third-order valence-electron chi connectivity index (χ3n) is 4.43. The number of anilines is 2. The first-order chi connectivity index (χ1) is 14.7. The van der Waals surface area contributed by atoms with Crippen LogP contribution in [-0.4, -0.2) is 26.4 Å². The van der Waals surface area contributed by atoms with E-state index in [1.807, 2.05) is 0 Å². The number of nitrogens with zero attached hydrogens (tertiary/aromatic N) is 1. The topological polar surface area (TPSA) is 128 Å². The molecule has 0 unspecified atom stereocenters. The summed E-state index contributed by atoms with van der Waals surface area (Å²) in [6, 6.07) is 15.9. The van der Waals surface area contributed by atoms with Crippen LogP contribution in [-0.2, 0) is 10.0 Å². The quantitative estimate of drug-likeness (QED) is 0.422. The number of rotatable bonds is 7. The highest BCUT2D eigenvalue weighted by Crippen LogP contribution is 2.24. The van der Waals surface area contributed by atoms with Crippen LogP contribution in [0, 0.1) is 17.0 Å². The monoisotopic (exact) mass is 441 g/mol. The Bertz CT molecular complexity index is 1240. The summed E-state index contributed by atoms with van der Waals surface area (Å²) in [7, 11) is -2.44. The standard InChI is InChI=1S/C21H19N3O6S/c1-14-6-9-17(24(26)27)13-20(14)22-21(25)15-4-3-5-19(12-15)31(28,29)23-16-7-10-18(30-2)11-8-16/h3-13,23H,1-2H3,(H,22,25). The van der Waals surface area contributed by atoms with Crippen LogP contribution in [0.5, 0.6) is 5.75 Å². The highest BCUT2D eigenvalue weighted by molar-refractivity contribution is 7.92. The molecular weight excluding hydrogens is 422 g/mol. The lowest BCUT2D eigenvalue weighted by molar-refractivity contribution is -0.384. The Labute approximate surface area is 178 Å². The van der Waals surface area contributed by atoms with Crippen LogP contribution in [0.3, 0.4) is 0 Å². The lowest BCUT2D eigenvalue weighted by atomic mass is 10.1. The van der Waals surface area contributed by atoms with E-state index in [4.69, 9.17) is 4.74 Å². The first kappa shape index (κ1) is 21.8. The Balaban J connectivity index is 1.82. The largest absolute Gasteiger partial charge is 0.497 e. The number of nitrogens with one attached hydrogen (secondary N) is 2. The Hall–Kier alpha value is -3.92. The van der Waals surface area contributed by atoms with E-state index in [-0.39, 0.29) is 21.8 Å². The first-order valence-corrected chi connectivity index (χ1v) is 10.5. The van der Waals surface area contributed by atoms with Gasteiger partial charge < -0.3 is 10.1 Å². The van der Waals surface area contributed by atoms with Gasteiger partial charge in [0.05, 0.1) is 22.6 Å². The number of carbonyl (C=O) groups excluding carboxylic acids is 1. The Morgan fingerprint density at radius 1 is 1.03 bits per heavy atom. The Morgan fingerprint density at radius 3 is 2.39 bits per heavy atom. The van der Waals surface area contributed by atoms with Crippen molar-refractivity contribution in [3.8, 4) is 5.75 Å². The molecule has 0 aliphatic heterocycles. The SMILES string of the molecule is COc1ccc(NS(=O)(=O)c2cccc(C(=O)Nc3cc([N+](=O)[O-])ccc3C)c2)cc1. The molecule has 3 aromatic rings. The van der Waals surface area contributed by atoms with Crippen molar-refractivity contribution in [1.29, 1.82) is 0 Å². The molecule has 3 aromatic carbocycles. The fourth-order valence-electron chi connectivity index (χ4n) is 2.73. The van der Waals surface area contributed by atoms with Gasteiger partial charge in [-0.25, -0.2) is 8.42 Å². The first-order valence-electron chi connectivity index (χ1n) is 9.03. The zero-order chi connectivity index (χ0) is 22.6. The van der Waals surface area contributed by atoms with Gasteiger partial charge in [-0.15, -0.1) is 0 Å². The van der Waals surface area contributed by atoms with E-state index in [1.54, 1.807) is 31.2 Å². The molecule has 9 nitrogen and oxygen atoms in total. The van der Waals surface area contributed by atoms with Gasteiger partial charge in [0.1, 0.15) is 5.75 Å². The minimum atomic E-state index is -3.95. The van der Waals surface area contributed by atoms with Crippen molar-refractivity contribution in [2.24, 2.45) is 0 Å². The molecule has 0 aliphatic carbocycles. The molecule has 160 valence electrons. The zero-order valence-corrected chi connectivity index (χ0v) is 17.5. The van der Waals surface area contributed by atoms with Crippen molar-refractivity contribution in [2.45, 2.75) is 11.8 Å². The van der Waals surface area contributed by atoms with Gasteiger partial charge in [-0.2, -0.15) is 0 Å². The number of ether oxygens (including phenoxy) is 1. The van der Waals surface area contributed by atoms with Gasteiger partial charge >= 0.3 is 0 Å². The number of amides is 1. The number of benzene rings is 3. The van der Waals surface area contributed by atoms with Gasteiger partial charge in [0, 0.05) is 23.4 Å². The van der Waals surface area contributed by atoms with E-state index >= 15 is 0 Å². The number of hydrogen-bond donors (Lipinski definition) is 2. The van der Waals surface area contributed by atoms with Crippen molar-refractivity contribution < 1.29 is 22.9 Å². The second-order valence-electron chi connectivity index (χ2n) is 6.57. The number of nitro benzene ring substituents is 1. The van der Waals surface area contributed by atoms with Gasteiger partial charge in [-0.05, 0) is 55.0 Å². The Morgan fingerprint density at radius 2 is 1.74 bits per heavy atom. The molecule has 1 amide bonds. The summed E-state index contributed by atoms with van der Waals surface area (Å²) in [6.07, 6.45) is 0. The third-order valence-corrected chi connectivity index (χ3v) is 5.81. The molecule has 0 saturated heterocycles. The van der Waals surface area contributed by atoms with Gasteiger partial charge in [0.15, 0.2) is 0 Å². The van der Waals surface area contributed by atoms with Crippen molar-refractivity contribution in [3.63, 3.8) is 0 Å². The lowest BCUT2D eigenvalue weighted by Gasteiger charge is -2.11. The summed E-state index contributed by atoms with van der Waals surface area (Å²) >= 11 is 0. The molecule has 0 aliphatic rings. The van der Waals surface area contributed by atoms with E-state index in [0.717, 1.165) is 0 Å². The molecule has 31 heavy (non-hydrogen) atoms. The highest BCUT2D eigenvalue weighted by atomic mass is 32.2. The van der Waals surface area contributed by atoms with Crippen molar-refractivity contribution in [2.75, 3.05) is 17.1 Å². The highest BCUT2D eigenvalue weighted by Gasteiger charge is 2.18. The van der Waals surface area contributed by atoms with Gasteiger partial charge in [0.25, 0.3) is 21.6 Å². The minimum absolute atomic E-state index is 0.0866. The average molecular weight is 441 g/mol. The molecule has 0 atom stereocenters. The van der Waals surface area contributed by atoms with Gasteiger partial charge in [-0.1, -0.05) is 12.1 Å². The van der Waals surface area contributed by atoms with Crippen molar-refractivity contribution >= 4 is 33.0 Å². The van der Waals surface area contributed by atoms with Crippen LogP contribution in [0.25, 0.3) is 0 Å². The predicted octanol–water partition coefficient (Wildman–Crippen LogP) is 3.96. The second kappa shape index (κ2) is 8.84. The van der Waals surface area contributed by atoms with E-state index in [1.165, 1.54) is 49.6 Å². The number of methoxy groups -OCH3 is 1.